The number of nitrogens with one attached hydrogen (secondary N) is 1. The molecule has 1 aliphatic heterocycles. The molecule has 0 spiro atoms. The van der Waals surface area contributed by atoms with E-state index in [9.17, 15) is 4.79 Å². The number of hydrogen-bond donors (Lipinski definition) is 2. The van der Waals surface area contributed by atoms with Gasteiger partial charge in [0.25, 0.3) is 0 Å². The zero-order valence-corrected chi connectivity index (χ0v) is 9.98. The second-order valence-electron chi connectivity index (χ2n) is 5.01. The maximum absolute atomic E-state index is 10.9. The highest BCUT2D eigenvalue weighted by Gasteiger charge is 2.32. The molecule has 4 heteroatoms. The molecule has 0 amide bonds. The van der Waals surface area contributed by atoms with Gasteiger partial charge in [0.2, 0.25) is 0 Å². The van der Waals surface area contributed by atoms with Crippen LogP contribution in [0.15, 0.2) is 0 Å². The van der Waals surface area contributed by atoms with E-state index in [1.807, 2.05) is 6.92 Å². The third-order valence-corrected chi connectivity index (χ3v) is 3.74. The number of hydrogen-bond acceptors (Lipinski definition) is 3. The van der Waals surface area contributed by atoms with Crippen molar-refractivity contribution in [3.05, 3.63) is 0 Å². The number of rotatable bonds is 5. The average molecular weight is 226 g/mol. The third-order valence-electron chi connectivity index (χ3n) is 3.74. The second kappa shape index (κ2) is 5.15. The summed E-state index contributed by atoms with van der Waals surface area (Å²) < 4.78 is 0. The lowest BCUT2D eigenvalue weighted by Gasteiger charge is -2.33. The van der Waals surface area contributed by atoms with Crippen molar-refractivity contribution in [2.75, 3.05) is 13.1 Å². The van der Waals surface area contributed by atoms with E-state index in [2.05, 4.69) is 10.2 Å². The van der Waals surface area contributed by atoms with E-state index in [1.165, 1.54) is 12.8 Å². The smallest absolute Gasteiger partial charge is 0.320 e. The lowest BCUT2D eigenvalue weighted by Crippen LogP contribution is -2.48. The molecule has 0 aromatic rings. The van der Waals surface area contributed by atoms with Gasteiger partial charge in [0, 0.05) is 12.1 Å². The average Bonchev–Trinajstić information content (AvgIpc) is 3.10. The number of nitrogens with zero attached hydrogens (tertiary/aromatic N) is 1. The van der Waals surface area contributed by atoms with Gasteiger partial charge in [0.15, 0.2) is 0 Å². The van der Waals surface area contributed by atoms with Gasteiger partial charge in [-0.15, -0.1) is 0 Å². The zero-order valence-electron chi connectivity index (χ0n) is 9.98. The summed E-state index contributed by atoms with van der Waals surface area (Å²) in [4.78, 5) is 13.5. The van der Waals surface area contributed by atoms with Crippen LogP contribution in [0.2, 0.25) is 0 Å². The van der Waals surface area contributed by atoms with E-state index < -0.39 is 5.97 Å². The first-order valence-corrected chi connectivity index (χ1v) is 6.43. The van der Waals surface area contributed by atoms with Crippen LogP contribution in [0.4, 0.5) is 0 Å². The van der Waals surface area contributed by atoms with Crippen molar-refractivity contribution in [3.63, 3.8) is 0 Å². The molecule has 0 aromatic carbocycles. The van der Waals surface area contributed by atoms with Crippen LogP contribution in [0.5, 0.6) is 0 Å². The predicted octanol–water partition coefficient (Wildman–Crippen LogP) is 1.07. The Morgan fingerprint density at radius 3 is 2.44 bits per heavy atom. The van der Waals surface area contributed by atoms with Crippen LogP contribution in [0.25, 0.3) is 0 Å². The largest absolute Gasteiger partial charge is 0.480 e. The Hall–Kier alpha value is -0.610. The number of piperidine rings is 1. The SMILES string of the molecule is CCC(NC1CCN(C2CC2)CC1)C(=O)O. The van der Waals surface area contributed by atoms with Crippen LogP contribution < -0.4 is 5.32 Å². The molecule has 1 aliphatic carbocycles. The first-order chi connectivity index (χ1) is 7.70. The zero-order chi connectivity index (χ0) is 11.5. The summed E-state index contributed by atoms with van der Waals surface area (Å²) in [6.07, 6.45) is 5.59. The summed E-state index contributed by atoms with van der Waals surface area (Å²) in [6.45, 7) is 4.20. The first kappa shape index (κ1) is 11.9. The molecule has 2 aliphatic rings. The highest BCUT2D eigenvalue weighted by molar-refractivity contribution is 5.73. The van der Waals surface area contributed by atoms with Gasteiger partial charge in [-0.2, -0.15) is 0 Å². The van der Waals surface area contributed by atoms with Gasteiger partial charge in [0.1, 0.15) is 6.04 Å². The molecule has 1 atom stereocenters. The molecular formula is C12H22N2O2. The Labute approximate surface area is 97.0 Å². The topological polar surface area (TPSA) is 52.6 Å². The van der Waals surface area contributed by atoms with Crippen molar-refractivity contribution in [2.45, 2.75) is 57.2 Å². The van der Waals surface area contributed by atoms with Crippen LogP contribution in [0.1, 0.15) is 39.0 Å². The summed E-state index contributed by atoms with van der Waals surface area (Å²) in [7, 11) is 0. The quantitative estimate of drug-likeness (QED) is 0.736. The Morgan fingerprint density at radius 2 is 2.00 bits per heavy atom. The molecule has 2 N–H and O–H groups in total. The molecule has 1 saturated carbocycles. The van der Waals surface area contributed by atoms with Crippen molar-refractivity contribution < 1.29 is 9.90 Å². The van der Waals surface area contributed by atoms with Crippen LogP contribution in [-0.4, -0.2) is 47.2 Å². The molecule has 2 fully saturated rings. The van der Waals surface area contributed by atoms with E-state index >= 15 is 0 Å². The minimum atomic E-state index is -0.716. The number of carboxylic acid groups (broad SMARTS) is 1. The minimum Gasteiger partial charge on any atom is -0.480 e. The van der Waals surface area contributed by atoms with Gasteiger partial charge in [-0.25, -0.2) is 0 Å². The molecule has 1 unspecified atom stereocenters. The number of likely N-dealkylation sites (tertiary alicyclic amines) is 1. The van der Waals surface area contributed by atoms with E-state index in [4.69, 9.17) is 5.11 Å². The monoisotopic (exact) mass is 226 g/mol. The molecule has 92 valence electrons. The molecule has 16 heavy (non-hydrogen) atoms. The second-order valence-corrected chi connectivity index (χ2v) is 5.01. The highest BCUT2D eigenvalue weighted by atomic mass is 16.4. The molecule has 0 aromatic heterocycles. The standard InChI is InChI=1S/C12H22N2O2/c1-2-11(12(15)16)13-9-5-7-14(8-6-9)10-3-4-10/h9-11,13H,2-8H2,1H3,(H,15,16). The maximum Gasteiger partial charge on any atom is 0.320 e. The number of carbonyl (C=O) groups is 1. The van der Waals surface area contributed by atoms with E-state index in [1.54, 1.807) is 0 Å². The first-order valence-electron chi connectivity index (χ1n) is 6.43. The van der Waals surface area contributed by atoms with Crippen molar-refractivity contribution in [1.29, 1.82) is 0 Å². The van der Waals surface area contributed by atoms with Crippen LogP contribution in [-0.2, 0) is 4.79 Å². The summed E-state index contributed by atoms with van der Waals surface area (Å²) in [6, 6.07) is 0.885. The summed E-state index contributed by atoms with van der Waals surface area (Å²) in [5, 5.41) is 12.2. The molecule has 0 bridgehead atoms. The summed E-state index contributed by atoms with van der Waals surface area (Å²) >= 11 is 0. The fourth-order valence-corrected chi connectivity index (χ4v) is 2.52. The van der Waals surface area contributed by atoms with Crippen LogP contribution in [0, 0.1) is 0 Å². The van der Waals surface area contributed by atoms with Gasteiger partial charge in [-0.05, 0) is 45.2 Å². The normalized spacial score (nSPS) is 25.6. The van der Waals surface area contributed by atoms with Crippen LogP contribution >= 0.6 is 0 Å². The Morgan fingerprint density at radius 1 is 1.38 bits per heavy atom. The van der Waals surface area contributed by atoms with Crippen molar-refractivity contribution in [2.24, 2.45) is 0 Å². The maximum atomic E-state index is 10.9. The third kappa shape index (κ3) is 2.95. The van der Waals surface area contributed by atoms with Gasteiger partial charge >= 0.3 is 5.97 Å². The molecule has 1 heterocycles. The highest BCUT2D eigenvalue weighted by Crippen LogP contribution is 2.29. The van der Waals surface area contributed by atoms with Crippen LogP contribution in [0.3, 0.4) is 0 Å². The van der Waals surface area contributed by atoms with E-state index in [0.717, 1.165) is 32.0 Å². The fourth-order valence-electron chi connectivity index (χ4n) is 2.52. The Balaban J connectivity index is 1.73. The van der Waals surface area contributed by atoms with Crippen molar-refractivity contribution in [3.8, 4) is 0 Å². The van der Waals surface area contributed by atoms with Gasteiger partial charge in [-0.3, -0.25) is 4.79 Å². The number of aliphatic carboxylic acids is 1. The van der Waals surface area contributed by atoms with E-state index in [-0.39, 0.29) is 6.04 Å². The minimum absolute atomic E-state index is 0.363. The lowest BCUT2D eigenvalue weighted by molar-refractivity contribution is -0.139. The predicted molar refractivity (Wildman–Crippen MR) is 62.5 cm³/mol. The summed E-state index contributed by atoms with van der Waals surface area (Å²) in [5.74, 6) is -0.716. The molecule has 4 nitrogen and oxygen atoms in total. The number of carboxylic acids is 1. The lowest BCUT2D eigenvalue weighted by atomic mass is 10.0. The summed E-state index contributed by atoms with van der Waals surface area (Å²) in [5.41, 5.74) is 0. The van der Waals surface area contributed by atoms with Gasteiger partial charge < -0.3 is 15.3 Å². The molecule has 0 radical (unpaired) electrons. The Bertz CT molecular complexity index is 245. The Kier molecular flexibility index (Phi) is 3.82. The fraction of sp³-hybridized carbons (Fsp3) is 0.917. The molecular weight excluding hydrogens is 204 g/mol. The van der Waals surface area contributed by atoms with Gasteiger partial charge in [-0.1, -0.05) is 6.92 Å². The van der Waals surface area contributed by atoms with Gasteiger partial charge in [0.05, 0.1) is 0 Å². The van der Waals surface area contributed by atoms with Crippen molar-refractivity contribution >= 4 is 5.97 Å². The van der Waals surface area contributed by atoms with E-state index in [0.29, 0.717) is 12.5 Å². The van der Waals surface area contributed by atoms with Crippen molar-refractivity contribution in [1.82, 2.24) is 10.2 Å². The molecule has 1 saturated heterocycles. The molecule has 2 rings (SSSR count).